The Morgan fingerprint density at radius 2 is 1.56 bits per heavy atom. The minimum Gasteiger partial charge on any atom is -0.493 e. The summed E-state index contributed by atoms with van der Waals surface area (Å²) in [6, 6.07) is 9.06. The van der Waals surface area contributed by atoms with Crippen molar-refractivity contribution >= 4 is 28.9 Å². The number of hydrogen-bond donors (Lipinski definition) is 3. The van der Waals surface area contributed by atoms with Crippen molar-refractivity contribution in [2.45, 2.75) is 13.8 Å². The quantitative estimate of drug-likeness (QED) is 0.536. The largest absolute Gasteiger partial charge is 0.493 e. The van der Waals surface area contributed by atoms with Crippen molar-refractivity contribution in [3.63, 3.8) is 0 Å². The van der Waals surface area contributed by atoms with Crippen LogP contribution >= 0.6 is 12.2 Å². The van der Waals surface area contributed by atoms with Crippen LogP contribution in [0.4, 0.5) is 5.69 Å². The summed E-state index contributed by atoms with van der Waals surface area (Å²) < 4.78 is 15.8. The minimum atomic E-state index is -0.404. The summed E-state index contributed by atoms with van der Waals surface area (Å²) in [7, 11) is 4.47. The summed E-state index contributed by atoms with van der Waals surface area (Å²) in [5, 5.41) is 3.31. The second kappa shape index (κ2) is 9.09. The molecular formula is C19H23N3O4S. The number of methoxy groups -OCH3 is 3. The Morgan fingerprint density at radius 3 is 2.07 bits per heavy atom. The van der Waals surface area contributed by atoms with Crippen LogP contribution in [-0.4, -0.2) is 32.3 Å². The van der Waals surface area contributed by atoms with E-state index in [1.54, 1.807) is 12.1 Å². The molecule has 0 aliphatic carbocycles. The molecule has 0 saturated carbocycles. The Hall–Kier alpha value is -3.00. The van der Waals surface area contributed by atoms with Gasteiger partial charge in [-0.2, -0.15) is 0 Å². The zero-order valence-electron chi connectivity index (χ0n) is 15.9. The summed E-state index contributed by atoms with van der Waals surface area (Å²) >= 11 is 5.23. The van der Waals surface area contributed by atoms with Crippen molar-refractivity contribution < 1.29 is 19.0 Å². The maximum Gasteiger partial charge on any atom is 0.269 e. The lowest BCUT2D eigenvalue weighted by molar-refractivity contribution is 0.0943. The third-order valence-corrected chi connectivity index (χ3v) is 4.05. The van der Waals surface area contributed by atoms with E-state index in [4.69, 9.17) is 26.4 Å². The molecular weight excluding hydrogens is 366 g/mol. The van der Waals surface area contributed by atoms with Gasteiger partial charge < -0.3 is 19.5 Å². The van der Waals surface area contributed by atoms with Gasteiger partial charge in [0.15, 0.2) is 16.6 Å². The van der Waals surface area contributed by atoms with Gasteiger partial charge in [-0.3, -0.25) is 15.6 Å². The summed E-state index contributed by atoms with van der Waals surface area (Å²) in [6.07, 6.45) is 0. The highest BCUT2D eigenvalue weighted by molar-refractivity contribution is 7.80. The molecule has 0 atom stereocenters. The predicted molar refractivity (Wildman–Crippen MR) is 109 cm³/mol. The number of thiocarbonyl (C=S) groups is 1. The molecule has 0 saturated heterocycles. The number of ether oxygens (including phenoxy) is 3. The number of aryl methyl sites for hydroxylation is 2. The molecule has 0 aliphatic heterocycles. The first-order valence-electron chi connectivity index (χ1n) is 8.14. The van der Waals surface area contributed by atoms with Gasteiger partial charge in [-0.1, -0.05) is 17.7 Å². The molecule has 0 radical (unpaired) electrons. The number of carbonyl (C=O) groups is 1. The fourth-order valence-electron chi connectivity index (χ4n) is 2.51. The maximum atomic E-state index is 12.4. The fourth-order valence-corrected chi connectivity index (χ4v) is 2.67. The van der Waals surface area contributed by atoms with Gasteiger partial charge in [0, 0.05) is 11.3 Å². The van der Waals surface area contributed by atoms with Crippen molar-refractivity contribution in [3.05, 3.63) is 47.0 Å². The topological polar surface area (TPSA) is 80.9 Å². The van der Waals surface area contributed by atoms with Crippen LogP contribution in [0.3, 0.4) is 0 Å². The Kier molecular flexibility index (Phi) is 6.84. The van der Waals surface area contributed by atoms with Gasteiger partial charge in [-0.25, -0.2) is 0 Å². The third kappa shape index (κ3) is 5.01. The molecule has 0 bridgehead atoms. The number of nitrogens with one attached hydrogen (secondary N) is 3. The average molecular weight is 389 g/mol. The molecule has 3 N–H and O–H groups in total. The highest BCUT2D eigenvalue weighted by Gasteiger charge is 2.17. The Bertz CT molecular complexity index is 830. The lowest BCUT2D eigenvalue weighted by Gasteiger charge is -2.16. The molecule has 0 unspecified atom stereocenters. The number of anilines is 1. The molecule has 0 aromatic heterocycles. The molecule has 8 heteroatoms. The maximum absolute atomic E-state index is 12.4. The van der Waals surface area contributed by atoms with Crippen LogP contribution in [0.2, 0.25) is 0 Å². The van der Waals surface area contributed by atoms with E-state index < -0.39 is 5.91 Å². The summed E-state index contributed by atoms with van der Waals surface area (Å²) in [5.74, 6) is 0.784. The monoisotopic (exact) mass is 389 g/mol. The highest BCUT2D eigenvalue weighted by atomic mass is 32.1. The standard InChI is InChI=1S/C19H23N3O4S/c1-11-6-7-14(12(2)8-11)20-19(27)22-21-18(23)13-9-15(24-3)17(26-5)16(10-13)25-4/h6-10H,1-5H3,(H,21,23)(H2,20,22,27). The van der Waals surface area contributed by atoms with Gasteiger partial charge in [0.25, 0.3) is 5.91 Å². The van der Waals surface area contributed by atoms with Crippen LogP contribution in [0.15, 0.2) is 30.3 Å². The number of benzene rings is 2. The molecule has 0 heterocycles. The first-order chi connectivity index (χ1) is 12.9. The molecule has 144 valence electrons. The SMILES string of the molecule is COc1cc(C(=O)NNC(=S)Nc2ccc(C)cc2C)cc(OC)c1OC. The summed E-state index contributed by atoms with van der Waals surface area (Å²) in [4.78, 5) is 12.4. The first kappa shape index (κ1) is 20.3. The number of hydrogen-bond acceptors (Lipinski definition) is 5. The van der Waals surface area contributed by atoms with Crippen LogP contribution in [0.5, 0.6) is 17.2 Å². The van der Waals surface area contributed by atoms with E-state index in [9.17, 15) is 4.79 Å². The molecule has 0 fully saturated rings. The first-order valence-corrected chi connectivity index (χ1v) is 8.55. The molecule has 27 heavy (non-hydrogen) atoms. The number of hydrazine groups is 1. The van der Waals surface area contributed by atoms with E-state index in [0.717, 1.165) is 16.8 Å². The second-order valence-electron chi connectivity index (χ2n) is 5.77. The Balaban J connectivity index is 2.05. The van der Waals surface area contributed by atoms with Crippen molar-refractivity contribution in [3.8, 4) is 17.2 Å². The van der Waals surface area contributed by atoms with Crippen LogP contribution in [0.1, 0.15) is 21.5 Å². The summed E-state index contributed by atoms with van der Waals surface area (Å²) in [5.41, 5.74) is 8.63. The number of carbonyl (C=O) groups excluding carboxylic acids is 1. The molecule has 7 nitrogen and oxygen atoms in total. The predicted octanol–water partition coefficient (Wildman–Crippen LogP) is 2.96. The van der Waals surface area contributed by atoms with E-state index in [1.165, 1.54) is 21.3 Å². The Morgan fingerprint density at radius 1 is 0.926 bits per heavy atom. The smallest absolute Gasteiger partial charge is 0.269 e. The molecule has 0 spiro atoms. The van der Waals surface area contributed by atoms with Gasteiger partial charge >= 0.3 is 0 Å². The highest BCUT2D eigenvalue weighted by Crippen LogP contribution is 2.38. The van der Waals surface area contributed by atoms with E-state index in [0.29, 0.717) is 22.8 Å². The van der Waals surface area contributed by atoms with Gasteiger partial charge in [-0.05, 0) is 49.8 Å². The van der Waals surface area contributed by atoms with Crippen molar-refractivity contribution in [1.29, 1.82) is 0 Å². The fraction of sp³-hybridized carbons (Fsp3) is 0.263. The van der Waals surface area contributed by atoms with Gasteiger partial charge in [0.05, 0.1) is 21.3 Å². The zero-order valence-corrected chi connectivity index (χ0v) is 16.7. The van der Waals surface area contributed by atoms with Crippen molar-refractivity contribution in [2.75, 3.05) is 26.6 Å². The second-order valence-corrected chi connectivity index (χ2v) is 6.17. The van der Waals surface area contributed by atoms with Crippen LogP contribution < -0.4 is 30.4 Å². The van der Waals surface area contributed by atoms with E-state index >= 15 is 0 Å². The Labute approximate surface area is 164 Å². The van der Waals surface area contributed by atoms with E-state index in [-0.39, 0.29) is 5.11 Å². The molecule has 2 rings (SSSR count). The molecule has 2 aromatic carbocycles. The number of amides is 1. The van der Waals surface area contributed by atoms with Gasteiger partial charge in [0.2, 0.25) is 5.75 Å². The third-order valence-electron chi connectivity index (χ3n) is 3.85. The molecule has 0 aliphatic rings. The van der Waals surface area contributed by atoms with Crippen LogP contribution in [0.25, 0.3) is 0 Å². The zero-order chi connectivity index (χ0) is 20.0. The molecule has 1 amide bonds. The van der Waals surface area contributed by atoms with Gasteiger partial charge in [-0.15, -0.1) is 0 Å². The van der Waals surface area contributed by atoms with Gasteiger partial charge in [0.1, 0.15) is 0 Å². The van der Waals surface area contributed by atoms with Crippen molar-refractivity contribution in [2.24, 2.45) is 0 Å². The van der Waals surface area contributed by atoms with E-state index in [2.05, 4.69) is 16.2 Å². The number of rotatable bonds is 5. The summed E-state index contributed by atoms with van der Waals surface area (Å²) in [6.45, 7) is 4.00. The average Bonchev–Trinajstić information content (AvgIpc) is 2.66. The molecule has 2 aromatic rings. The lowest BCUT2D eigenvalue weighted by Crippen LogP contribution is -2.43. The van der Waals surface area contributed by atoms with Crippen LogP contribution in [0, 0.1) is 13.8 Å². The van der Waals surface area contributed by atoms with E-state index in [1.807, 2.05) is 32.0 Å². The minimum absolute atomic E-state index is 0.266. The normalized spacial score (nSPS) is 9.96. The van der Waals surface area contributed by atoms with Crippen LogP contribution in [-0.2, 0) is 0 Å². The lowest BCUT2D eigenvalue weighted by atomic mass is 10.1. The van der Waals surface area contributed by atoms with Crippen molar-refractivity contribution in [1.82, 2.24) is 10.9 Å².